The molecule has 0 radical (unpaired) electrons. The zero-order valence-electron chi connectivity index (χ0n) is 15.3. The fourth-order valence-electron chi connectivity index (χ4n) is 2.85. The van der Waals surface area contributed by atoms with Gasteiger partial charge in [-0.05, 0) is 56.2 Å². The fourth-order valence-corrected chi connectivity index (χ4v) is 4.37. The highest BCUT2D eigenvalue weighted by Crippen LogP contribution is 2.21. The number of aryl methyl sites for hydroxylation is 1. The second-order valence-electron chi connectivity index (χ2n) is 6.43. The van der Waals surface area contributed by atoms with Crippen LogP contribution in [0.15, 0.2) is 53.4 Å². The number of ether oxygens (including phenoxy) is 2. The topological polar surface area (TPSA) is 72.9 Å². The first kappa shape index (κ1) is 19.4. The summed E-state index contributed by atoms with van der Waals surface area (Å²) >= 11 is 0. The fraction of sp³-hybridized carbons (Fsp3) is 0.350. The molecule has 27 heavy (non-hydrogen) atoms. The van der Waals surface area contributed by atoms with Crippen molar-refractivity contribution in [2.45, 2.75) is 24.7 Å². The van der Waals surface area contributed by atoms with E-state index in [2.05, 4.69) is 0 Å². The summed E-state index contributed by atoms with van der Waals surface area (Å²) < 4.78 is 37.1. The van der Waals surface area contributed by atoms with E-state index in [4.69, 9.17) is 9.47 Å². The number of carbonyl (C=O) groups excluding carboxylic acids is 1. The minimum Gasteiger partial charge on any atom is -0.490 e. The Labute approximate surface area is 159 Å². The Morgan fingerprint density at radius 3 is 2.22 bits per heavy atom. The van der Waals surface area contributed by atoms with Crippen LogP contribution in [-0.4, -0.2) is 45.0 Å². The number of esters is 1. The Morgan fingerprint density at radius 1 is 0.963 bits per heavy atom. The smallest absolute Gasteiger partial charge is 0.338 e. The Balaban J connectivity index is 1.50. The van der Waals surface area contributed by atoms with Crippen molar-refractivity contribution < 1.29 is 22.7 Å². The van der Waals surface area contributed by atoms with Crippen molar-refractivity contribution in [2.75, 3.05) is 26.3 Å². The molecule has 1 heterocycles. The standard InChI is InChI=1S/C20H23NO5S/c1-16-4-8-18(9-5-16)25-14-15-26-20(22)17-6-10-19(11-7-17)27(23,24)21-12-2-3-13-21/h4-11H,2-3,12-15H2,1H3. The van der Waals surface area contributed by atoms with Crippen LogP contribution in [0.3, 0.4) is 0 Å². The Morgan fingerprint density at radius 2 is 1.59 bits per heavy atom. The predicted molar refractivity (Wildman–Crippen MR) is 101 cm³/mol. The van der Waals surface area contributed by atoms with Gasteiger partial charge in [-0.2, -0.15) is 4.31 Å². The highest BCUT2D eigenvalue weighted by Gasteiger charge is 2.27. The molecule has 1 aliphatic rings. The number of benzene rings is 2. The van der Waals surface area contributed by atoms with E-state index in [1.165, 1.54) is 28.6 Å². The SMILES string of the molecule is Cc1ccc(OCCOC(=O)c2ccc(S(=O)(=O)N3CCCC3)cc2)cc1. The first-order valence-corrected chi connectivity index (χ1v) is 10.4. The Bertz CT molecular complexity index is 870. The molecular weight excluding hydrogens is 366 g/mol. The summed E-state index contributed by atoms with van der Waals surface area (Å²) in [6.07, 6.45) is 1.77. The predicted octanol–water partition coefficient (Wildman–Crippen LogP) is 3.02. The minimum atomic E-state index is -3.47. The first-order chi connectivity index (χ1) is 13.0. The summed E-state index contributed by atoms with van der Waals surface area (Å²) in [5.74, 6) is 0.209. The third kappa shape index (κ3) is 4.87. The van der Waals surface area contributed by atoms with Crippen LogP contribution in [0.2, 0.25) is 0 Å². The van der Waals surface area contributed by atoms with Crippen LogP contribution in [-0.2, 0) is 14.8 Å². The van der Waals surface area contributed by atoms with Crippen LogP contribution in [0.5, 0.6) is 5.75 Å². The van der Waals surface area contributed by atoms with Crippen molar-refractivity contribution in [3.05, 3.63) is 59.7 Å². The van der Waals surface area contributed by atoms with Crippen molar-refractivity contribution in [3.63, 3.8) is 0 Å². The summed E-state index contributed by atoms with van der Waals surface area (Å²) in [4.78, 5) is 12.3. The molecule has 0 aliphatic carbocycles. The summed E-state index contributed by atoms with van der Waals surface area (Å²) in [5.41, 5.74) is 1.45. The van der Waals surface area contributed by atoms with Crippen molar-refractivity contribution in [3.8, 4) is 5.75 Å². The maximum atomic E-state index is 12.5. The van der Waals surface area contributed by atoms with Gasteiger partial charge in [0.25, 0.3) is 0 Å². The van der Waals surface area contributed by atoms with Crippen LogP contribution < -0.4 is 4.74 Å². The van der Waals surface area contributed by atoms with Crippen molar-refractivity contribution >= 4 is 16.0 Å². The van der Waals surface area contributed by atoms with Gasteiger partial charge >= 0.3 is 5.97 Å². The third-order valence-electron chi connectivity index (χ3n) is 4.40. The maximum absolute atomic E-state index is 12.5. The maximum Gasteiger partial charge on any atom is 0.338 e. The molecule has 0 aromatic heterocycles. The molecule has 3 rings (SSSR count). The monoisotopic (exact) mass is 389 g/mol. The van der Waals surface area contributed by atoms with E-state index in [9.17, 15) is 13.2 Å². The molecular formula is C20H23NO5S. The Hall–Kier alpha value is -2.38. The van der Waals surface area contributed by atoms with E-state index in [0.717, 1.165) is 18.4 Å². The van der Waals surface area contributed by atoms with Gasteiger partial charge in [0.2, 0.25) is 10.0 Å². The molecule has 0 bridgehead atoms. The lowest BCUT2D eigenvalue weighted by atomic mass is 10.2. The zero-order chi connectivity index (χ0) is 19.3. The Kier molecular flexibility index (Phi) is 6.13. The molecule has 0 unspecified atom stereocenters. The molecule has 1 aliphatic heterocycles. The first-order valence-electron chi connectivity index (χ1n) is 8.93. The van der Waals surface area contributed by atoms with E-state index in [1.54, 1.807) is 0 Å². The van der Waals surface area contributed by atoms with Gasteiger partial charge in [0.1, 0.15) is 19.0 Å². The molecule has 0 atom stereocenters. The molecule has 2 aromatic carbocycles. The van der Waals surface area contributed by atoms with Crippen LogP contribution in [0.1, 0.15) is 28.8 Å². The number of hydrogen-bond donors (Lipinski definition) is 0. The quantitative estimate of drug-likeness (QED) is 0.538. The van der Waals surface area contributed by atoms with E-state index < -0.39 is 16.0 Å². The zero-order valence-corrected chi connectivity index (χ0v) is 16.1. The second kappa shape index (κ2) is 8.54. The van der Waals surface area contributed by atoms with E-state index >= 15 is 0 Å². The van der Waals surface area contributed by atoms with E-state index in [0.29, 0.717) is 24.4 Å². The average molecular weight is 389 g/mol. The number of hydrogen-bond acceptors (Lipinski definition) is 5. The second-order valence-corrected chi connectivity index (χ2v) is 8.37. The molecule has 144 valence electrons. The van der Waals surface area contributed by atoms with Gasteiger partial charge in [-0.3, -0.25) is 0 Å². The van der Waals surface area contributed by atoms with Gasteiger partial charge in [-0.25, -0.2) is 13.2 Å². The van der Waals surface area contributed by atoms with Crippen molar-refractivity contribution in [2.24, 2.45) is 0 Å². The third-order valence-corrected chi connectivity index (χ3v) is 6.31. The van der Waals surface area contributed by atoms with Crippen molar-refractivity contribution in [1.82, 2.24) is 4.31 Å². The largest absolute Gasteiger partial charge is 0.490 e. The normalized spacial score (nSPS) is 14.9. The van der Waals surface area contributed by atoms with Gasteiger partial charge < -0.3 is 9.47 Å². The van der Waals surface area contributed by atoms with Crippen LogP contribution in [0.4, 0.5) is 0 Å². The number of rotatable bonds is 7. The lowest BCUT2D eigenvalue weighted by Crippen LogP contribution is -2.27. The molecule has 6 nitrogen and oxygen atoms in total. The van der Waals surface area contributed by atoms with Gasteiger partial charge in [-0.1, -0.05) is 17.7 Å². The number of nitrogens with zero attached hydrogens (tertiary/aromatic N) is 1. The molecule has 0 N–H and O–H groups in total. The van der Waals surface area contributed by atoms with Gasteiger partial charge in [-0.15, -0.1) is 0 Å². The summed E-state index contributed by atoms with van der Waals surface area (Å²) in [5, 5.41) is 0. The molecule has 7 heteroatoms. The van der Waals surface area contributed by atoms with E-state index in [1.807, 2.05) is 31.2 Å². The summed E-state index contributed by atoms with van der Waals surface area (Å²) in [7, 11) is -3.47. The molecule has 1 saturated heterocycles. The van der Waals surface area contributed by atoms with Crippen molar-refractivity contribution in [1.29, 1.82) is 0 Å². The number of carbonyl (C=O) groups is 1. The van der Waals surface area contributed by atoms with Gasteiger partial charge in [0.05, 0.1) is 10.5 Å². The van der Waals surface area contributed by atoms with Crippen LogP contribution >= 0.6 is 0 Å². The van der Waals surface area contributed by atoms with Gasteiger partial charge in [0.15, 0.2) is 0 Å². The lowest BCUT2D eigenvalue weighted by molar-refractivity contribution is 0.0450. The summed E-state index contributed by atoms with van der Waals surface area (Å²) in [6.45, 7) is 3.45. The summed E-state index contributed by atoms with van der Waals surface area (Å²) in [6, 6.07) is 13.5. The molecule has 0 amide bonds. The molecule has 0 spiro atoms. The molecule has 0 saturated carbocycles. The number of sulfonamides is 1. The average Bonchev–Trinajstić information content (AvgIpc) is 3.22. The highest BCUT2D eigenvalue weighted by molar-refractivity contribution is 7.89. The molecule has 1 fully saturated rings. The molecule has 2 aromatic rings. The lowest BCUT2D eigenvalue weighted by Gasteiger charge is -2.15. The highest BCUT2D eigenvalue weighted by atomic mass is 32.2. The van der Waals surface area contributed by atoms with E-state index in [-0.39, 0.29) is 18.1 Å². The minimum absolute atomic E-state index is 0.112. The van der Waals surface area contributed by atoms with Crippen LogP contribution in [0, 0.1) is 6.92 Å². The van der Waals surface area contributed by atoms with Gasteiger partial charge in [0, 0.05) is 13.1 Å². The van der Waals surface area contributed by atoms with Crippen LogP contribution in [0.25, 0.3) is 0 Å².